The summed E-state index contributed by atoms with van der Waals surface area (Å²) in [6, 6.07) is 15.1. The molecule has 0 aliphatic heterocycles. The van der Waals surface area contributed by atoms with Crippen LogP contribution in [0.3, 0.4) is 0 Å². The molecule has 2 amide bonds. The van der Waals surface area contributed by atoms with Crippen LogP contribution in [-0.2, 0) is 16.0 Å². The fourth-order valence-corrected chi connectivity index (χ4v) is 3.06. The largest absolute Gasteiger partial charge is 0.325 e. The lowest BCUT2D eigenvalue weighted by Gasteiger charge is -2.17. The van der Waals surface area contributed by atoms with Crippen molar-refractivity contribution in [3.8, 4) is 0 Å². The molecule has 0 radical (unpaired) electrons. The first kappa shape index (κ1) is 16.7. The Hall–Kier alpha value is -2.14. The molecule has 0 spiro atoms. The van der Waals surface area contributed by atoms with E-state index >= 15 is 0 Å². The summed E-state index contributed by atoms with van der Waals surface area (Å²) in [6.45, 7) is 2.04. The number of anilines is 2. The molecular formula is C19H19BrN2O2. The Labute approximate surface area is 149 Å². The Morgan fingerprint density at radius 3 is 2.08 bits per heavy atom. The molecule has 24 heavy (non-hydrogen) atoms. The summed E-state index contributed by atoms with van der Waals surface area (Å²) in [4.78, 5) is 25.3. The van der Waals surface area contributed by atoms with Gasteiger partial charge in [0.25, 0.3) is 0 Å². The topological polar surface area (TPSA) is 58.2 Å². The van der Waals surface area contributed by atoms with Crippen LogP contribution in [0.2, 0.25) is 0 Å². The zero-order valence-electron chi connectivity index (χ0n) is 13.4. The average molecular weight is 387 g/mol. The van der Waals surface area contributed by atoms with Crippen LogP contribution in [0.15, 0.2) is 53.0 Å². The molecule has 3 rings (SSSR count). The molecule has 4 nitrogen and oxygen atoms in total. The van der Waals surface area contributed by atoms with Crippen molar-refractivity contribution in [3.05, 3.63) is 58.6 Å². The minimum atomic E-state index is -0.962. The lowest BCUT2D eigenvalue weighted by Crippen LogP contribution is -2.36. The highest BCUT2D eigenvalue weighted by Crippen LogP contribution is 2.48. The Kier molecular flexibility index (Phi) is 4.71. The van der Waals surface area contributed by atoms with E-state index in [9.17, 15) is 9.59 Å². The Balaban J connectivity index is 1.74. The van der Waals surface area contributed by atoms with E-state index in [1.165, 1.54) is 0 Å². The van der Waals surface area contributed by atoms with Gasteiger partial charge in [-0.3, -0.25) is 9.59 Å². The van der Waals surface area contributed by atoms with Crippen molar-refractivity contribution >= 4 is 39.1 Å². The maximum absolute atomic E-state index is 12.7. The van der Waals surface area contributed by atoms with E-state index in [2.05, 4.69) is 26.6 Å². The molecule has 1 fully saturated rings. The molecule has 124 valence electrons. The molecule has 0 bridgehead atoms. The van der Waals surface area contributed by atoms with E-state index in [1.54, 1.807) is 0 Å². The highest BCUT2D eigenvalue weighted by atomic mass is 79.9. The van der Waals surface area contributed by atoms with Crippen molar-refractivity contribution in [3.63, 3.8) is 0 Å². The number of nitrogens with one attached hydrogen (secondary N) is 2. The molecular weight excluding hydrogens is 368 g/mol. The highest BCUT2D eigenvalue weighted by Gasteiger charge is 2.56. The minimum Gasteiger partial charge on any atom is -0.325 e. The molecule has 1 saturated carbocycles. The lowest BCUT2D eigenvalue weighted by molar-refractivity contribution is -0.131. The number of halogens is 1. The number of para-hydroxylation sites is 2. The molecule has 0 aromatic heterocycles. The predicted molar refractivity (Wildman–Crippen MR) is 98.9 cm³/mol. The summed E-state index contributed by atoms with van der Waals surface area (Å²) >= 11 is 3.41. The van der Waals surface area contributed by atoms with Crippen LogP contribution in [-0.4, -0.2) is 11.8 Å². The smallest absolute Gasteiger partial charge is 0.240 e. The molecule has 2 aromatic rings. The van der Waals surface area contributed by atoms with Gasteiger partial charge in [0.05, 0.1) is 5.69 Å². The van der Waals surface area contributed by atoms with Crippen molar-refractivity contribution in [2.24, 2.45) is 5.41 Å². The molecule has 2 aromatic carbocycles. The summed E-state index contributed by atoms with van der Waals surface area (Å²) in [5.41, 5.74) is 1.56. The van der Waals surface area contributed by atoms with Crippen LogP contribution in [0.1, 0.15) is 25.3 Å². The van der Waals surface area contributed by atoms with Crippen molar-refractivity contribution < 1.29 is 9.59 Å². The van der Waals surface area contributed by atoms with Gasteiger partial charge in [0, 0.05) is 10.2 Å². The first-order valence-corrected chi connectivity index (χ1v) is 8.81. The molecule has 5 heteroatoms. The van der Waals surface area contributed by atoms with Crippen LogP contribution in [0.4, 0.5) is 11.4 Å². The molecule has 0 saturated heterocycles. The lowest BCUT2D eigenvalue weighted by atomic mass is 10.0. The molecule has 1 aliphatic carbocycles. The van der Waals surface area contributed by atoms with E-state index in [0.717, 1.165) is 22.1 Å². The van der Waals surface area contributed by atoms with E-state index in [1.807, 2.05) is 55.5 Å². The minimum absolute atomic E-state index is 0.229. The third kappa shape index (κ3) is 3.22. The molecule has 0 heterocycles. The maximum Gasteiger partial charge on any atom is 0.240 e. The van der Waals surface area contributed by atoms with Gasteiger partial charge < -0.3 is 10.6 Å². The van der Waals surface area contributed by atoms with Gasteiger partial charge in [-0.05, 0) is 59.0 Å². The van der Waals surface area contributed by atoms with E-state index in [-0.39, 0.29) is 11.8 Å². The van der Waals surface area contributed by atoms with Crippen LogP contribution in [0.25, 0.3) is 0 Å². The summed E-state index contributed by atoms with van der Waals surface area (Å²) in [5.74, 6) is -0.478. The van der Waals surface area contributed by atoms with Gasteiger partial charge in [-0.15, -0.1) is 0 Å². The van der Waals surface area contributed by atoms with E-state index in [0.29, 0.717) is 18.5 Å². The molecule has 2 N–H and O–H groups in total. The zero-order valence-corrected chi connectivity index (χ0v) is 15.0. The number of amides is 2. The number of rotatable bonds is 5. The third-order valence-electron chi connectivity index (χ3n) is 4.39. The first-order chi connectivity index (χ1) is 11.6. The maximum atomic E-state index is 12.7. The van der Waals surface area contributed by atoms with Crippen LogP contribution in [0.5, 0.6) is 0 Å². The summed E-state index contributed by atoms with van der Waals surface area (Å²) in [6.07, 6.45) is 1.97. The summed E-state index contributed by atoms with van der Waals surface area (Å²) in [7, 11) is 0. The van der Waals surface area contributed by atoms with Crippen molar-refractivity contribution in [1.82, 2.24) is 0 Å². The highest BCUT2D eigenvalue weighted by molar-refractivity contribution is 9.10. The summed E-state index contributed by atoms with van der Waals surface area (Å²) in [5, 5.41) is 5.80. The van der Waals surface area contributed by atoms with Gasteiger partial charge in [0.15, 0.2) is 0 Å². The fourth-order valence-electron chi connectivity index (χ4n) is 2.68. The molecule has 1 aliphatic rings. The van der Waals surface area contributed by atoms with E-state index < -0.39 is 5.41 Å². The number of hydrogen-bond acceptors (Lipinski definition) is 2. The van der Waals surface area contributed by atoms with Crippen LogP contribution < -0.4 is 10.6 Å². The van der Waals surface area contributed by atoms with Gasteiger partial charge in [-0.1, -0.05) is 37.3 Å². The van der Waals surface area contributed by atoms with E-state index in [4.69, 9.17) is 0 Å². The fraction of sp³-hybridized carbons (Fsp3) is 0.263. The Bertz CT molecular complexity index is 784. The zero-order chi connectivity index (χ0) is 17.2. The second-order valence-corrected chi connectivity index (χ2v) is 6.84. The van der Waals surface area contributed by atoms with Gasteiger partial charge in [-0.25, -0.2) is 0 Å². The number of carbonyl (C=O) groups excluding carboxylic acids is 2. The number of hydrogen-bond donors (Lipinski definition) is 2. The van der Waals surface area contributed by atoms with Crippen molar-refractivity contribution in [1.29, 1.82) is 0 Å². The molecule has 0 unspecified atom stereocenters. The predicted octanol–water partition coefficient (Wildman–Crippen LogP) is 4.37. The Morgan fingerprint density at radius 2 is 1.50 bits per heavy atom. The third-order valence-corrected chi connectivity index (χ3v) is 5.08. The number of benzene rings is 2. The van der Waals surface area contributed by atoms with Crippen LogP contribution in [0, 0.1) is 5.41 Å². The van der Waals surface area contributed by atoms with Gasteiger partial charge in [0.2, 0.25) is 11.8 Å². The van der Waals surface area contributed by atoms with Crippen LogP contribution >= 0.6 is 15.9 Å². The number of carbonyl (C=O) groups is 2. The quantitative estimate of drug-likeness (QED) is 0.749. The number of aryl methyl sites for hydroxylation is 1. The van der Waals surface area contributed by atoms with Gasteiger partial charge in [-0.2, -0.15) is 0 Å². The normalized spacial score (nSPS) is 14.8. The molecule has 0 atom stereocenters. The van der Waals surface area contributed by atoms with Gasteiger partial charge >= 0.3 is 0 Å². The summed E-state index contributed by atoms with van der Waals surface area (Å²) < 4.78 is 0.797. The Morgan fingerprint density at radius 1 is 0.958 bits per heavy atom. The van der Waals surface area contributed by atoms with Gasteiger partial charge in [0.1, 0.15) is 5.41 Å². The monoisotopic (exact) mass is 386 g/mol. The first-order valence-electron chi connectivity index (χ1n) is 8.02. The second kappa shape index (κ2) is 6.77. The average Bonchev–Trinajstić information content (AvgIpc) is 3.39. The standard InChI is InChI=1S/C19H19BrN2O2/c1-2-13-7-3-5-9-15(13)21-17(23)19(11-12-19)18(24)22-16-10-6-4-8-14(16)20/h3-10H,2,11-12H2,1H3,(H,21,23)(H,22,24). The van der Waals surface area contributed by atoms with Crippen molar-refractivity contribution in [2.75, 3.05) is 10.6 Å². The van der Waals surface area contributed by atoms with Crippen molar-refractivity contribution in [2.45, 2.75) is 26.2 Å². The second-order valence-electron chi connectivity index (χ2n) is 5.98. The SMILES string of the molecule is CCc1ccccc1NC(=O)C1(C(=O)Nc2ccccc2Br)CC1.